The molecule has 0 saturated heterocycles. The second-order valence-corrected chi connectivity index (χ2v) is 16.5. The molecule has 11 aromatic rings. The van der Waals surface area contributed by atoms with Crippen molar-refractivity contribution in [2.24, 2.45) is 0 Å². The lowest BCUT2D eigenvalue weighted by molar-refractivity contribution is 1.16. The lowest BCUT2D eigenvalue weighted by Crippen LogP contribution is -2.10. The maximum Gasteiger partial charge on any atom is 0.0541 e. The minimum Gasteiger partial charge on any atom is -0.310 e. The molecule has 0 aliphatic rings. The number of fused-ring (bicyclic) bond motifs is 9. The Morgan fingerprint density at radius 1 is 0.339 bits per heavy atom. The zero-order valence-electron chi connectivity index (χ0n) is 31.8. The number of rotatable bonds is 5. The van der Waals surface area contributed by atoms with Crippen LogP contribution in [0.2, 0.25) is 0 Å². The van der Waals surface area contributed by atoms with E-state index in [2.05, 4.69) is 206 Å². The van der Waals surface area contributed by atoms with Crippen LogP contribution in [0.4, 0.5) is 17.1 Å². The fourth-order valence-corrected chi connectivity index (χ4v) is 9.95. The molecule has 0 amide bonds. The summed E-state index contributed by atoms with van der Waals surface area (Å²) in [5.74, 6) is 0. The smallest absolute Gasteiger partial charge is 0.0541 e. The van der Waals surface area contributed by atoms with Crippen LogP contribution in [-0.4, -0.2) is 9.13 Å². The van der Waals surface area contributed by atoms with Gasteiger partial charge in [0.25, 0.3) is 0 Å². The Morgan fingerprint density at radius 2 is 0.732 bits per heavy atom. The molecule has 0 N–H and O–H groups in total. The third kappa shape index (κ3) is 5.10. The topological polar surface area (TPSA) is 13.1 Å². The largest absolute Gasteiger partial charge is 0.310 e. The van der Waals surface area contributed by atoms with Crippen LogP contribution in [0, 0.1) is 27.7 Å². The third-order valence-corrected chi connectivity index (χ3v) is 12.7. The molecule has 0 aliphatic carbocycles. The molecule has 4 heteroatoms. The molecule has 11 rings (SSSR count). The van der Waals surface area contributed by atoms with Crippen LogP contribution in [0.25, 0.3) is 75.2 Å². The highest BCUT2D eigenvalue weighted by atomic mass is 32.1. The molecule has 3 aromatic heterocycles. The first-order chi connectivity index (χ1) is 27.4. The van der Waals surface area contributed by atoms with Crippen molar-refractivity contribution in [3.8, 4) is 11.4 Å². The van der Waals surface area contributed by atoms with Crippen LogP contribution < -0.4 is 4.90 Å². The summed E-state index contributed by atoms with van der Waals surface area (Å²) in [6.45, 7) is 8.70. The zero-order valence-corrected chi connectivity index (χ0v) is 32.7. The molecule has 0 atom stereocenters. The summed E-state index contributed by atoms with van der Waals surface area (Å²) in [5.41, 5.74) is 15.6. The van der Waals surface area contributed by atoms with E-state index in [1.165, 1.54) is 86.0 Å². The zero-order chi connectivity index (χ0) is 37.7. The molecule has 0 fully saturated rings. The average Bonchev–Trinajstić information content (AvgIpc) is 3.85. The molecule has 0 aliphatic heterocycles. The van der Waals surface area contributed by atoms with Gasteiger partial charge in [-0.05, 0) is 149 Å². The molecule has 56 heavy (non-hydrogen) atoms. The van der Waals surface area contributed by atoms with Gasteiger partial charge in [-0.2, -0.15) is 0 Å². The molecule has 0 radical (unpaired) electrons. The first-order valence-electron chi connectivity index (χ1n) is 19.3. The second-order valence-electron chi connectivity index (χ2n) is 15.4. The van der Waals surface area contributed by atoms with Crippen molar-refractivity contribution in [2.75, 3.05) is 4.90 Å². The van der Waals surface area contributed by atoms with E-state index in [1.807, 2.05) is 11.3 Å². The Labute approximate surface area is 329 Å². The first kappa shape index (κ1) is 32.8. The van der Waals surface area contributed by atoms with Gasteiger partial charge in [0, 0.05) is 70.2 Å². The van der Waals surface area contributed by atoms with E-state index in [0.717, 1.165) is 28.4 Å². The van der Waals surface area contributed by atoms with Crippen LogP contribution in [-0.2, 0) is 0 Å². The van der Waals surface area contributed by atoms with Crippen molar-refractivity contribution in [1.29, 1.82) is 0 Å². The molecule has 8 aromatic carbocycles. The summed E-state index contributed by atoms with van der Waals surface area (Å²) in [6.07, 6.45) is 0. The SMILES string of the molecule is Cc1ccc2c(c1)c1cc(C)ccc1n2-c1ccc(N(c2ccc(-n3c4ccc(C)cc4c4cc(C)ccc43)cc2)c2ccc3sc4ccccc4c3c2)cc1. The maximum atomic E-state index is 2.41. The van der Waals surface area contributed by atoms with Crippen LogP contribution in [0.3, 0.4) is 0 Å². The van der Waals surface area contributed by atoms with Crippen molar-refractivity contribution in [1.82, 2.24) is 9.13 Å². The van der Waals surface area contributed by atoms with Gasteiger partial charge in [0.15, 0.2) is 0 Å². The van der Waals surface area contributed by atoms with Crippen molar-refractivity contribution < 1.29 is 0 Å². The Balaban J connectivity index is 1.07. The standard InChI is InChI=1S/C52H39N3S/c1-32-9-22-47-42(27-32)43-28-33(2)10-23-48(43)54(47)38-17-13-36(14-18-38)53(40-21-26-52-46(31-40)41-7-5-6-8-51(41)56-52)37-15-19-39(20-16-37)55-49-24-11-34(3)29-44(49)45-30-35(4)12-25-50(45)55/h5-31H,1-4H3. The predicted molar refractivity (Wildman–Crippen MR) is 242 cm³/mol. The van der Waals surface area contributed by atoms with E-state index in [4.69, 9.17) is 0 Å². The quantitative estimate of drug-likeness (QED) is 0.171. The Kier molecular flexibility index (Phi) is 7.29. The van der Waals surface area contributed by atoms with Crippen molar-refractivity contribution in [2.45, 2.75) is 27.7 Å². The highest BCUT2D eigenvalue weighted by molar-refractivity contribution is 7.25. The molecule has 0 saturated carbocycles. The highest BCUT2D eigenvalue weighted by Crippen LogP contribution is 2.42. The summed E-state index contributed by atoms with van der Waals surface area (Å²) in [6, 6.07) is 61.1. The minimum atomic E-state index is 1.11. The van der Waals surface area contributed by atoms with Crippen molar-refractivity contribution in [3.63, 3.8) is 0 Å². The normalized spacial score (nSPS) is 11.9. The minimum absolute atomic E-state index is 1.11. The van der Waals surface area contributed by atoms with Crippen LogP contribution in [0.5, 0.6) is 0 Å². The summed E-state index contributed by atoms with van der Waals surface area (Å²) in [7, 11) is 0. The Morgan fingerprint density at radius 3 is 1.18 bits per heavy atom. The molecular weight excluding hydrogens is 699 g/mol. The number of thiophene rings is 1. The van der Waals surface area contributed by atoms with E-state index < -0.39 is 0 Å². The van der Waals surface area contributed by atoms with E-state index >= 15 is 0 Å². The van der Waals surface area contributed by atoms with Gasteiger partial charge < -0.3 is 14.0 Å². The van der Waals surface area contributed by atoms with E-state index in [9.17, 15) is 0 Å². The number of nitrogens with zero attached hydrogens (tertiary/aromatic N) is 3. The first-order valence-corrected chi connectivity index (χ1v) is 20.1. The van der Waals surface area contributed by atoms with Gasteiger partial charge in [-0.3, -0.25) is 0 Å². The highest BCUT2D eigenvalue weighted by Gasteiger charge is 2.19. The van der Waals surface area contributed by atoms with Crippen molar-refractivity contribution >= 4 is 92.2 Å². The van der Waals surface area contributed by atoms with Crippen LogP contribution >= 0.6 is 11.3 Å². The van der Waals surface area contributed by atoms with Gasteiger partial charge in [0.05, 0.1) is 22.1 Å². The average molecular weight is 738 g/mol. The van der Waals surface area contributed by atoms with Gasteiger partial charge in [-0.15, -0.1) is 11.3 Å². The van der Waals surface area contributed by atoms with Gasteiger partial charge in [0.2, 0.25) is 0 Å². The molecular formula is C52H39N3S. The molecule has 268 valence electrons. The lowest BCUT2D eigenvalue weighted by atomic mass is 10.1. The third-order valence-electron chi connectivity index (χ3n) is 11.5. The van der Waals surface area contributed by atoms with Gasteiger partial charge in [0.1, 0.15) is 0 Å². The number of aryl methyl sites for hydroxylation is 4. The fraction of sp³-hybridized carbons (Fsp3) is 0.0769. The summed E-state index contributed by atoms with van der Waals surface area (Å²) in [4.78, 5) is 2.40. The number of hydrogen-bond acceptors (Lipinski definition) is 2. The van der Waals surface area contributed by atoms with Gasteiger partial charge in [-0.1, -0.05) is 64.7 Å². The van der Waals surface area contributed by atoms with E-state index in [1.54, 1.807) is 0 Å². The Hall–Kier alpha value is -6.62. The van der Waals surface area contributed by atoms with E-state index in [0.29, 0.717) is 0 Å². The number of aromatic nitrogens is 2. The Bertz CT molecular complexity index is 3050. The predicted octanol–water partition coefficient (Wildman–Crippen LogP) is 15.0. The molecule has 0 spiro atoms. The van der Waals surface area contributed by atoms with Crippen LogP contribution in [0.1, 0.15) is 22.3 Å². The van der Waals surface area contributed by atoms with Gasteiger partial charge >= 0.3 is 0 Å². The van der Waals surface area contributed by atoms with Gasteiger partial charge in [-0.25, -0.2) is 0 Å². The summed E-state index contributed by atoms with van der Waals surface area (Å²) < 4.78 is 7.43. The van der Waals surface area contributed by atoms with Crippen molar-refractivity contribution in [3.05, 3.63) is 186 Å². The fourth-order valence-electron chi connectivity index (χ4n) is 8.86. The summed E-state index contributed by atoms with van der Waals surface area (Å²) in [5, 5.41) is 7.75. The summed E-state index contributed by atoms with van der Waals surface area (Å²) >= 11 is 1.86. The number of benzene rings is 8. The maximum absolute atomic E-state index is 2.41. The monoisotopic (exact) mass is 737 g/mol. The van der Waals surface area contributed by atoms with E-state index in [-0.39, 0.29) is 0 Å². The molecule has 0 unspecified atom stereocenters. The number of hydrogen-bond donors (Lipinski definition) is 0. The number of anilines is 3. The lowest BCUT2D eigenvalue weighted by Gasteiger charge is -2.26. The molecule has 3 nitrogen and oxygen atoms in total. The second kappa shape index (κ2) is 12.5. The molecule has 0 bridgehead atoms. The van der Waals surface area contributed by atoms with Crippen LogP contribution in [0.15, 0.2) is 164 Å². The molecule has 3 heterocycles.